The molecule has 1 rings (SSSR count). The number of rotatable bonds is 5. The van der Waals surface area contributed by atoms with E-state index in [-0.39, 0.29) is 5.38 Å². The highest BCUT2D eigenvalue weighted by Gasteiger charge is 2.01. The van der Waals surface area contributed by atoms with Crippen LogP contribution in [0, 0.1) is 6.92 Å². The van der Waals surface area contributed by atoms with Crippen molar-refractivity contribution in [3.05, 3.63) is 16.1 Å². The fraction of sp³-hybridized carbons (Fsp3) is 0.667. The van der Waals surface area contributed by atoms with Gasteiger partial charge >= 0.3 is 0 Å². The second-order valence-electron chi connectivity index (χ2n) is 2.99. The Morgan fingerprint density at radius 3 is 3.00 bits per heavy atom. The Morgan fingerprint density at radius 1 is 1.69 bits per heavy atom. The van der Waals surface area contributed by atoms with Gasteiger partial charge in [-0.1, -0.05) is 6.92 Å². The van der Waals surface area contributed by atoms with Crippen LogP contribution >= 0.6 is 22.9 Å². The van der Waals surface area contributed by atoms with Gasteiger partial charge in [0, 0.05) is 23.8 Å². The standard InChI is InChI=1S/C9H15ClN2S/c1-3-8(10)4-11-5-9-6-13-7(2)12-9/h6,8,11H,3-5H2,1-2H3. The van der Waals surface area contributed by atoms with E-state index in [1.54, 1.807) is 11.3 Å². The number of aromatic nitrogens is 1. The summed E-state index contributed by atoms with van der Waals surface area (Å²) in [6.45, 7) is 5.79. The van der Waals surface area contributed by atoms with Gasteiger partial charge in [0.05, 0.1) is 10.7 Å². The second-order valence-corrected chi connectivity index (χ2v) is 4.67. The van der Waals surface area contributed by atoms with Crippen LogP contribution < -0.4 is 5.32 Å². The van der Waals surface area contributed by atoms with E-state index in [2.05, 4.69) is 22.6 Å². The number of nitrogens with zero attached hydrogens (tertiary/aromatic N) is 1. The second kappa shape index (κ2) is 5.58. The van der Waals surface area contributed by atoms with E-state index in [0.717, 1.165) is 30.2 Å². The van der Waals surface area contributed by atoms with E-state index in [1.807, 2.05) is 6.92 Å². The molecule has 0 saturated carbocycles. The number of hydrogen-bond acceptors (Lipinski definition) is 3. The third kappa shape index (κ3) is 4.07. The molecule has 0 aromatic carbocycles. The van der Waals surface area contributed by atoms with Crippen molar-refractivity contribution < 1.29 is 0 Å². The van der Waals surface area contributed by atoms with Gasteiger partial charge in [-0.05, 0) is 13.3 Å². The van der Waals surface area contributed by atoms with Crippen LogP contribution in [0.15, 0.2) is 5.38 Å². The lowest BCUT2D eigenvalue weighted by Gasteiger charge is -2.06. The van der Waals surface area contributed by atoms with Crippen LogP contribution in [0.5, 0.6) is 0 Å². The molecule has 0 aliphatic rings. The third-order valence-corrected chi connectivity index (χ3v) is 3.07. The van der Waals surface area contributed by atoms with Gasteiger partial charge in [-0.3, -0.25) is 0 Å². The molecule has 0 aliphatic carbocycles. The van der Waals surface area contributed by atoms with Gasteiger partial charge in [0.25, 0.3) is 0 Å². The minimum atomic E-state index is 0.236. The number of halogens is 1. The highest BCUT2D eigenvalue weighted by molar-refractivity contribution is 7.09. The van der Waals surface area contributed by atoms with Crippen molar-refractivity contribution in [3.8, 4) is 0 Å². The Labute approximate surface area is 88.3 Å². The molecule has 4 heteroatoms. The lowest BCUT2D eigenvalue weighted by Crippen LogP contribution is -2.22. The smallest absolute Gasteiger partial charge is 0.0897 e. The molecular formula is C9H15ClN2S. The van der Waals surface area contributed by atoms with Crippen LogP contribution in [-0.4, -0.2) is 16.9 Å². The van der Waals surface area contributed by atoms with Crippen molar-refractivity contribution in [2.24, 2.45) is 0 Å². The molecule has 74 valence electrons. The summed E-state index contributed by atoms with van der Waals surface area (Å²) in [5.41, 5.74) is 1.11. The Morgan fingerprint density at radius 2 is 2.46 bits per heavy atom. The first kappa shape index (κ1) is 11.0. The molecule has 13 heavy (non-hydrogen) atoms. The largest absolute Gasteiger partial charge is 0.310 e. The maximum atomic E-state index is 5.96. The van der Waals surface area contributed by atoms with Crippen LogP contribution in [0.4, 0.5) is 0 Å². The molecule has 0 aliphatic heterocycles. The third-order valence-electron chi connectivity index (χ3n) is 1.78. The molecule has 0 bridgehead atoms. The topological polar surface area (TPSA) is 24.9 Å². The van der Waals surface area contributed by atoms with E-state index in [0.29, 0.717) is 0 Å². The first-order valence-corrected chi connectivity index (χ1v) is 5.79. The predicted molar refractivity (Wildman–Crippen MR) is 58.5 cm³/mol. The maximum absolute atomic E-state index is 5.96. The highest BCUT2D eigenvalue weighted by atomic mass is 35.5. The molecule has 0 radical (unpaired) electrons. The van der Waals surface area contributed by atoms with Crippen molar-refractivity contribution in [1.82, 2.24) is 10.3 Å². The summed E-state index contributed by atoms with van der Waals surface area (Å²) in [6, 6.07) is 0. The Hall–Kier alpha value is -0.120. The highest BCUT2D eigenvalue weighted by Crippen LogP contribution is 2.07. The molecule has 0 fully saturated rings. The van der Waals surface area contributed by atoms with Crippen molar-refractivity contribution >= 4 is 22.9 Å². The average molecular weight is 219 g/mol. The molecule has 0 saturated heterocycles. The maximum Gasteiger partial charge on any atom is 0.0897 e. The SMILES string of the molecule is CCC(Cl)CNCc1csc(C)n1. The normalized spacial score (nSPS) is 13.2. The van der Waals surface area contributed by atoms with Crippen molar-refractivity contribution in [1.29, 1.82) is 0 Å². The summed E-state index contributed by atoms with van der Waals surface area (Å²) in [5.74, 6) is 0. The van der Waals surface area contributed by atoms with Gasteiger partial charge in [-0.15, -0.1) is 22.9 Å². The quantitative estimate of drug-likeness (QED) is 0.769. The Kier molecular flexibility index (Phi) is 4.70. The van der Waals surface area contributed by atoms with E-state index >= 15 is 0 Å². The summed E-state index contributed by atoms with van der Waals surface area (Å²) in [5, 5.41) is 6.71. The summed E-state index contributed by atoms with van der Waals surface area (Å²) >= 11 is 7.64. The number of aryl methyl sites for hydroxylation is 1. The zero-order valence-corrected chi connectivity index (χ0v) is 9.58. The lowest BCUT2D eigenvalue weighted by molar-refractivity contribution is 0.640. The van der Waals surface area contributed by atoms with Gasteiger partial charge in [0.2, 0.25) is 0 Å². The average Bonchev–Trinajstić information content (AvgIpc) is 2.51. The molecule has 1 atom stereocenters. The molecule has 1 unspecified atom stereocenters. The Balaban J connectivity index is 2.20. The molecular weight excluding hydrogens is 204 g/mol. The van der Waals surface area contributed by atoms with E-state index < -0.39 is 0 Å². The first-order chi connectivity index (χ1) is 6.22. The fourth-order valence-electron chi connectivity index (χ4n) is 0.991. The van der Waals surface area contributed by atoms with Gasteiger partial charge in [-0.2, -0.15) is 0 Å². The number of alkyl halides is 1. The number of thiazole rings is 1. The summed E-state index contributed by atoms with van der Waals surface area (Å²) in [6.07, 6.45) is 1.00. The van der Waals surface area contributed by atoms with E-state index in [4.69, 9.17) is 11.6 Å². The van der Waals surface area contributed by atoms with Gasteiger partial charge < -0.3 is 5.32 Å². The predicted octanol–water partition coefficient (Wildman–Crippen LogP) is 2.56. The van der Waals surface area contributed by atoms with Crippen molar-refractivity contribution in [2.75, 3.05) is 6.54 Å². The molecule has 1 heterocycles. The number of hydrogen-bond donors (Lipinski definition) is 1. The summed E-state index contributed by atoms with van der Waals surface area (Å²) in [7, 11) is 0. The van der Waals surface area contributed by atoms with Gasteiger partial charge in [0.15, 0.2) is 0 Å². The molecule has 1 N–H and O–H groups in total. The van der Waals surface area contributed by atoms with Gasteiger partial charge in [0.1, 0.15) is 0 Å². The minimum absolute atomic E-state index is 0.236. The van der Waals surface area contributed by atoms with Crippen molar-refractivity contribution in [2.45, 2.75) is 32.2 Å². The van der Waals surface area contributed by atoms with Crippen molar-refractivity contribution in [3.63, 3.8) is 0 Å². The zero-order chi connectivity index (χ0) is 9.68. The Bertz CT molecular complexity index is 250. The van der Waals surface area contributed by atoms with E-state index in [1.165, 1.54) is 0 Å². The van der Waals surface area contributed by atoms with E-state index in [9.17, 15) is 0 Å². The summed E-state index contributed by atoms with van der Waals surface area (Å²) < 4.78 is 0. The van der Waals surface area contributed by atoms with Crippen LogP contribution in [0.2, 0.25) is 0 Å². The number of nitrogens with one attached hydrogen (secondary N) is 1. The molecule has 1 aromatic heterocycles. The fourth-order valence-corrected chi connectivity index (χ4v) is 1.71. The monoisotopic (exact) mass is 218 g/mol. The van der Waals surface area contributed by atoms with Crippen LogP contribution in [0.3, 0.4) is 0 Å². The van der Waals surface area contributed by atoms with Gasteiger partial charge in [-0.25, -0.2) is 4.98 Å². The minimum Gasteiger partial charge on any atom is -0.310 e. The molecule has 1 aromatic rings. The van der Waals surface area contributed by atoms with Crippen LogP contribution in [0.25, 0.3) is 0 Å². The molecule has 2 nitrogen and oxygen atoms in total. The first-order valence-electron chi connectivity index (χ1n) is 4.48. The lowest BCUT2D eigenvalue weighted by atomic mass is 10.3. The molecule has 0 spiro atoms. The zero-order valence-electron chi connectivity index (χ0n) is 8.01. The van der Waals surface area contributed by atoms with Crippen LogP contribution in [-0.2, 0) is 6.54 Å². The molecule has 0 amide bonds. The van der Waals surface area contributed by atoms with Crippen LogP contribution in [0.1, 0.15) is 24.0 Å². The summed E-state index contributed by atoms with van der Waals surface area (Å²) in [4.78, 5) is 4.35.